The maximum Gasteiger partial charge on any atom is 0.241 e. The van der Waals surface area contributed by atoms with E-state index in [-0.39, 0.29) is 18.2 Å². The second-order valence-electron chi connectivity index (χ2n) is 5.76. The molecule has 0 aliphatic carbocycles. The van der Waals surface area contributed by atoms with Gasteiger partial charge < -0.3 is 5.32 Å². The highest BCUT2D eigenvalue weighted by molar-refractivity contribution is 7.89. The minimum atomic E-state index is -3.38. The lowest BCUT2D eigenvalue weighted by Gasteiger charge is -2.24. The van der Waals surface area contributed by atoms with Gasteiger partial charge in [-0.1, -0.05) is 37.0 Å². The number of carbonyl (C=O) groups excluding carboxylic acids is 1. The molecule has 1 aromatic rings. The number of benzene rings is 1. The second kappa shape index (κ2) is 9.73. The van der Waals surface area contributed by atoms with E-state index in [9.17, 15) is 13.2 Å². The molecule has 1 N–H and O–H groups in total. The van der Waals surface area contributed by atoms with Crippen molar-refractivity contribution in [2.45, 2.75) is 19.9 Å². The number of nitrogens with one attached hydrogen (secondary N) is 1. The number of nitrogens with zero attached hydrogens (tertiary/aromatic N) is 2. The third-order valence-electron chi connectivity index (χ3n) is 3.72. The Labute approximate surface area is 160 Å². The summed E-state index contributed by atoms with van der Waals surface area (Å²) < 4.78 is 25.7. The Morgan fingerprint density at radius 1 is 1.12 bits per heavy atom. The van der Waals surface area contributed by atoms with Crippen LogP contribution in [0.2, 0.25) is 10.0 Å². The second-order valence-corrected chi connectivity index (χ2v) is 8.72. The summed E-state index contributed by atoms with van der Waals surface area (Å²) in [7, 11) is 0.132. The van der Waals surface area contributed by atoms with Gasteiger partial charge in [-0.2, -0.15) is 0 Å². The number of amides is 1. The zero-order valence-electron chi connectivity index (χ0n) is 14.9. The summed E-state index contributed by atoms with van der Waals surface area (Å²) in [4.78, 5) is 14.3. The third-order valence-corrected chi connectivity index (χ3v) is 6.18. The lowest BCUT2D eigenvalue weighted by molar-refractivity contribution is -0.125. The van der Waals surface area contributed by atoms with E-state index < -0.39 is 16.1 Å². The van der Waals surface area contributed by atoms with Gasteiger partial charge in [0.2, 0.25) is 15.9 Å². The molecule has 1 amide bonds. The summed E-state index contributed by atoms with van der Waals surface area (Å²) in [5.74, 6) is -0.449. The van der Waals surface area contributed by atoms with Crippen molar-refractivity contribution in [3.05, 3.63) is 33.8 Å². The lowest BCUT2D eigenvalue weighted by atomic mass is 10.1. The Balaban J connectivity index is 2.82. The van der Waals surface area contributed by atoms with E-state index in [0.29, 0.717) is 28.7 Å². The van der Waals surface area contributed by atoms with Gasteiger partial charge in [-0.05, 0) is 37.9 Å². The Morgan fingerprint density at radius 2 is 1.64 bits per heavy atom. The first kappa shape index (κ1) is 22.2. The molecule has 0 radical (unpaired) electrons. The van der Waals surface area contributed by atoms with Crippen LogP contribution in [0.25, 0.3) is 0 Å². The topological polar surface area (TPSA) is 69.7 Å². The highest BCUT2D eigenvalue weighted by Crippen LogP contribution is 2.26. The van der Waals surface area contributed by atoms with Crippen molar-refractivity contribution in [1.82, 2.24) is 14.5 Å². The first-order valence-corrected chi connectivity index (χ1v) is 10.4. The van der Waals surface area contributed by atoms with Crippen LogP contribution < -0.4 is 5.32 Å². The molecular formula is C16H25Cl2N3O3S. The largest absolute Gasteiger partial charge is 0.353 e. The quantitative estimate of drug-likeness (QED) is 0.679. The average molecular weight is 410 g/mol. The molecule has 0 spiro atoms. The fourth-order valence-corrected chi connectivity index (χ4v) is 4.51. The summed E-state index contributed by atoms with van der Waals surface area (Å²) in [6.07, 6.45) is 0. The Hall–Kier alpha value is -0.860. The van der Waals surface area contributed by atoms with Gasteiger partial charge in [0, 0.05) is 29.7 Å². The molecule has 25 heavy (non-hydrogen) atoms. The molecule has 1 atom stereocenters. The van der Waals surface area contributed by atoms with Gasteiger partial charge in [0.15, 0.2) is 0 Å². The molecule has 0 unspecified atom stereocenters. The summed E-state index contributed by atoms with van der Waals surface area (Å²) in [6.45, 7) is 4.42. The van der Waals surface area contributed by atoms with Crippen LogP contribution in [0.1, 0.15) is 25.5 Å². The number of halogens is 2. The first-order chi connectivity index (χ1) is 11.6. The molecule has 6 nitrogen and oxygen atoms in total. The van der Waals surface area contributed by atoms with Gasteiger partial charge >= 0.3 is 0 Å². The SMILES string of the molecule is CCN(CC)S(=O)(=O)CCNC(=O)[C@@H](c1cc(Cl)cc(Cl)c1)N(C)C. The van der Waals surface area contributed by atoms with E-state index in [4.69, 9.17) is 23.2 Å². The maximum absolute atomic E-state index is 12.6. The van der Waals surface area contributed by atoms with Gasteiger partial charge in [-0.3, -0.25) is 9.69 Å². The van der Waals surface area contributed by atoms with E-state index >= 15 is 0 Å². The highest BCUT2D eigenvalue weighted by atomic mass is 35.5. The normalized spacial score (nSPS) is 13.3. The maximum atomic E-state index is 12.6. The van der Waals surface area contributed by atoms with E-state index in [1.54, 1.807) is 51.0 Å². The van der Waals surface area contributed by atoms with E-state index in [0.717, 1.165) is 0 Å². The summed E-state index contributed by atoms with van der Waals surface area (Å²) in [6, 6.07) is 4.31. The molecule has 0 bridgehead atoms. The van der Waals surface area contributed by atoms with Crippen LogP contribution in [0.3, 0.4) is 0 Å². The van der Waals surface area contributed by atoms with Crippen molar-refractivity contribution >= 4 is 39.1 Å². The number of rotatable bonds is 9. The predicted octanol–water partition coefficient (Wildman–Crippen LogP) is 2.38. The van der Waals surface area contributed by atoms with Gasteiger partial charge in [0.05, 0.1) is 5.75 Å². The molecule has 0 aromatic heterocycles. The van der Waals surface area contributed by atoms with Crippen LogP contribution in [0.15, 0.2) is 18.2 Å². The number of likely N-dealkylation sites (N-methyl/N-ethyl adjacent to an activating group) is 1. The molecule has 0 fully saturated rings. The van der Waals surface area contributed by atoms with Gasteiger partial charge in [0.25, 0.3) is 0 Å². The van der Waals surface area contributed by atoms with Crippen LogP contribution >= 0.6 is 23.2 Å². The van der Waals surface area contributed by atoms with Crippen LogP contribution in [0, 0.1) is 0 Å². The number of sulfonamides is 1. The van der Waals surface area contributed by atoms with Crippen molar-refractivity contribution in [1.29, 1.82) is 0 Å². The highest BCUT2D eigenvalue weighted by Gasteiger charge is 2.25. The summed E-state index contributed by atoms with van der Waals surface area (Å²) >= 11 is 12.0. The number of carbonyl (C=O) groups is 1. The third kappa shape index (κ3) is 6.42. The molecule has 0 saturated heterocycles. The van der Waals surface area contributed by atoms with Crippen molar-refractivity contribution in [2.24, 2.45) is 0 Å². The van der Waals surface area contributed by atoms with Crippen LogP contribution in [-0.2, 0) is 14.8 Å². The fraction of sp³-hybridized carbons (Fsp3) is 0.562. The zero-order valence-corrected chi connectivity index (χ0v) is 17.2. The molecule has 1 rings (SSSR count). The van der Waals surface area contributed by atoms with Gasteiger partial charge in [-0.15, -0.1) is 0 Å². The monoisotopic (exact) mass is 409 g/mol. The lowest BCUT2D eigenvalue weighted by Crippen LogP contribution is -2.41. The fourth-order valence-electron chi connectivity index (χ4n) is 2.56. The van der Waals surface area contributed by atoms with Gasteiger partial charge in [0.1, 0.15) is 6.04 Å². The Kier molecular flexibility index (Phi) is 8.63. The molecule has 0 saturated carbocycles. The Morgan fingerprint density at radius 3 is 2.08 bits per heavy atom. The minimum Gasteiger partial charge on any atom is -0.353 e. The Bertz CT molecular complexity index is 672. The molecule has 0 heterocycles. The summed E-state index contributed by atoms with van der Waals surface area (Å²) in [5, 5.41) is 3.56. The van der Waals surface area contributed by atoms with Gasteiger partial charge in [-0.25, -0.2) is 12.7 Å². The molecular weight excluding hydrogens is 385 g/mol. The van der Waals surface area contributed by atoms with Crippen molar-refractivity contribution in [2.75, 3.05) is 39.5 Å². The number of hydrogen-bond donors (Lipinski definition) is 1. The van der Waals surface area contributed by atoms with Crippen LogP contribution in [0.5, 0.6) is 0 Å². The first-order valence-electron chi connectivity index (χ1n) is 8.00. The van der Waals surface area contributed by atoms with Crippen molar-refractivity contribution < 1.29 is 13.2 Å². The zero-order chi connectivity index (χ0) is 19.2. The van der Waals surface area contributed by atoms with Crippen LogP contribution in [0.4, 0.5) is 0 Å². The molecule has 142 valence electrons. The standard InChI is InChI=1S/C16H25Cl2N3O3S/c1-5-21(6-2)25(23,24)8-7-19-16(22)15(20(3)4)12-9-13(17)11-14(18)10-12/h9-11,15H,5-8H2,1-4H3,(H,19,22)/t15-/m1/s1. The molecule has 1 aromatic carbocycles. The van der Waals surface area contributed by atoms with E-state index in [2.05, 4.69) is 5.32 Å². The molecule has 0 aliphatic rings. The van der Waals surface area contributed by atoms with E-state index in [1.165, 1.54) is 4.31 Å². The van der Waals surface area contributed by atoms with E-state index in [1.807, 2.05) is 0 Å². The predicted molar refractivity (Wildman–Crippen MR) is 103 cm³/mol. The van der Waals surface area contributed by atoms with Crippen LogP contribution in [-0.4, -0.2) is 63.0 Å². The molecule has 0 aliphatic heterocycles. The number of hydrogen-bond acceptors (Lipinski definition) is 4. The minimum absolute atomic E-state index is 0.0380. The average Bonchev–Trinajstić information content (AvgIpc) is 2.46. The van der Waals surface area contributed by atoms with Crippen molar-refractivity contribution in [3.8, 4) is 0 Å². The van der Waals surface area contributed by atoms with Crippen molar-refractivity contribution in [3.63, 3.8) is 0 Å². The summed E-state index contributed by atoms with van der Waals surface area (Å²) in [5.41, 5.74) is 0.645. The molecule has 9 heteroatoms. The smallest absolute Gasteiger partial charge is 0.241 e.